The van der Waals surface area contributed by atoms with Gasteiger partial charge in [-0.05, 0) is 36.8 Å². The van der Waals surface area contributed by atoms with Crippen LogP contribution in [0.1, 0.15) is 16.7 Å². The summed E-state index contributed by atoms with van der Waals surface area (Å²) in [6.45, 7) is 2.97. The van der Waals surface area contributed by atoms with Crippen LogP contribution in [-0.4, -0.2) is 9.78 Å². The van der Waals surface area contributed by atoms with Crippen molar-refractivity contribution in [3.05, 3.63) is 63.6 Å². The molecule has 5 heteroatoms. The van der Waals surface area contributed by atoms with Gasteiger partial charge in [0.2, 0.25) is 0 Å². The van der Waals surface area contributed by atoms with E-state index in [9.17, 15) is 0 Å². The molecule has 0 radical (unpaired) electrons. The highest BCUT2D eigenvalue weighted by Gasteiger charge is 2.09. The molecule has 0 saturated carbocycles. The molecule has 0 bridgehead atoms. The van der Waals surface area contributed by atoms with Crippen LogP contribution < -0.4 is 5.32 Å². The summed E-state index contributed by atoms with van der Waals surface area (Å²) in [5.41, 5.74) is 1.87. The molecule has 21 heavy (non-hydrogen) atoms. The number of rotatable bonds is 5. The van der Waals surface area contributed by atoms with Crippen molar-refractivity contribution < 1.29 is 0 Å². The van der Waals surface area contributed by atoms with E-state index >= 15 is 0 Å². The van der Waals surface area contributed by atoms with Gasteiger partial charge < -0.3 is 5.32 Å². The number of para-hydroxylation sites is 1. The van der Waals surface area contributed by atoms with Crippen molar-refractivity contribution in [2.75, 3.05) is 5.32 Å². The van der Waals surface area contributed by atoms with Gasteiger partial charge in [-0.2, -0.15) is 5.10 Å². The highest BCUT2D eigenvalue weighted by Crippen LogP contribution is 2.29. The zero-order valence-electron chi connectivity index (χ0n) is 11.7. The Morgan fingerprint density at radius 3 is 2.76 bits per heavy atom. The first-order valence-electron chi connectivity index (χ1n) is 6.88. The largest absolute Gasteiger partial charge is 0.378 e. The quantitative estimate of drug-likeness (QED) is 0.735. The van der Waals surface area contributed by atoms with Crippen molar-refractivity contribution in [1.29, 1.82) is 0 Å². The third-order valence-electron chi connectivity index (χ3n) is 3.24. The number of aromatic nitrogens is 2. The third-order valence-corrected chi connectivity index (χ3v) is 4.77. The summed E-state index contributed by atoms with van der Waals surface area (Å²) in [6, 6.07) is 12.1. The zero-order chi connectivity index (χ0) is 14.7. The molecule has 0 aliphatic heterocycles. The monoisotopic (exact) mass is 317 g/mol. The summed E-state index contributed by atoms with van der Waals surface area (Å²) in [4.78, 5) is 2.73. The van der Waals surface area contributed by atoms with Gasteiger partial charge in [-0.3, -0.25) is 0 Å². The minimum absolute atomic E-state index is 0.684. The van der Waals surface area contributed by atoms with E-state index in [1.807, 2.05) is 41.8 Å². The normalized spacial score (nSPS) is 10.8. The van der Waals surface area contributed by atoms with Crippen LogP contribution in [0.3, 0.4) is 0 Å². The fraction of sp³-hybridized carbons (Fsp3) is 0.188. The lowest BCUT2D eigenvalue weighted by atomic mass is 10.2. The molecule has 0 amide bonds. The number of anilines is 1. The standard InChI is InChI=1S/C16H16ClN3S/c1-2-12-7-8-13(21-12)11-18-15-6-3-5-14(17)16(15)20-10-4-9-19-20/h3-10,18H,2,11H2,1H3. The molecule has 1 aromatic carbocycles. The second-order valence-electron chi connectivity index (χ2n) is 4.66. The molecular formula is C16H16ClN3S. The summed E-state index contributed by atoms with van der Waals surface area (Å²) < 4.78 is 1.79. The molecule has 108 valence electrons. The van der Waals surface area contributed by atoms with Crippen LogP contribution in [0, 0.1) is 0 Å². The Morgan fingerprint density at radius 2 is 2.05 bits per heavy atom. The van der Waals surface area contributed by atoms with Gasteiger partial charge in [-0.1, -0.05) is 24.6 Å². The number of aryl methyl sites for hydroxylation is 1. The number of hydrogen-bond donors (Lipinski definition) is 1. The molecule has 0 aliphatic carbocycles. The number of hydrogen-bond acceptors (Lipinski definition) is 3. The summed E-state index contributed by atoms with van der Waals surface area (Å²) >= 11 is 8.17. The molecule has 3 rings (SSSR count). The van der Waals surface area contributed by atoms with E-state index in [1.165, 1.54) is 9.75 Å². The van der Waals surface area contributed by atoms with Gasteiger partial charge >= 0.3 is 0 Å². The van der Waals surface area contributed by atoms with Crippen LogP contribution in [0.15, 0.2) is 48.8 Å². The van der Waals surface area contributed by atoms with E-state index in [0.29, 0.717) is 5.02 Å². The summed E-state index contributed by atoms with van der Waals surface area (Å²) in [5.74, 6) is 0. The summed E-state index contributed by atoms with van der Waals surface area (Å²) in [5, 5.41) is 8.42. The van der Waals surface area contributed by atoms with Gasteiger partial charge in [0, 0.05) is 28.7 Å². The van der Waals surface area contributed by atoms with Gasteiger partial charge in [0.1, 0.15) is 5.69 Å². The van der Waals surface area contributed by atoms with Crippen molar-refractivity contribution in [3.63, 3.8) is 0 Å². The number of benzene rings is 1. The first kappa shape index (κ1) is 14.2. The van der Waals surface area contributed by atoms with Crippen molar-refractivity contribution in [3.8, 4) is 5.69 Å². The van der Waals surface area contributed by atoms with E-state index < -0.39 is 0 Å². The molecule has 2 heterocycles. The predicted molar refractivity (Wildman–Crippen MR) is 89.6 cm³/mol. The number of nitrogens with one attached hydrogen (secondary N) is 1. The average molecular weight is 318 g/mol. The Hall–Kier alpha value is -1.78. The van der Waals surface area contributed by atoms with Gasteiger partial charge in [0.05, 0.1) is 10.7 Å². The lowest BCUT2D eigenvalue weighted by molar-refractivity contribution is 0.880. The molecule has 0 unspecified atom stereocenters. The number of halogens is 1. The average Bonchev–Trinajstić information content (AvgIpc) is 3.16. The van der Waals surface area contributed by atoms with Crippen LogP contribution in [0.4, 0.5) is 5.69 Å². The minimum atomic E-state index is 0.684. The van der Waals surface area contributed by atoms with E-state index in [2.05, 4.69) is 29.5 Å². The third kappa shape index (κ3) is 3.12. The lowest BCUT2D eigenvalue weighted by Gasteiger charge is -2.13. The summed E-state index contributed by atoms with van der Waals surface area (Å²) in [7, 11) is 0. The highest BCUT2D eigenvalue weighted by atomic mass is 35.5. The van der Waals surface area contributed by atoms with Crippen molar-refractivity contribution in [2.45, 2.75) is 19.9 Å². The van der Waals surface area contributed by atoms with Crippen LogP contribution in [0.25, 0.3) is 5.69 Å². The number of thiophene rings is 1. The van der Waals surface area contributed by atoms with E-state index in [-0.39, 0.29) is 0 Å². The molecule has 2 aromatic heterocycles. The Balaban J connectivity index is 1.84. The van der Waals surface area contributed by atoms with Gasteiger partial charge in [0.15, 0.2) is 0 Å². The van der Waals surface area contributed by atoms with Gasteiger partial charge in [-0.15, -0.1) is 11.3 Å². The molecule has 0 aliphatic rings. The Bertz CT molecular complexity index is 719. The SMILES string of the molecule is CCc1ccc(CNc2cccc(Cl)c2-n2cccn2)s1. The molecule has 1 N–H and O–H groups in total. The van der Waals surface area contributed by atoms with E-state index in [0.717, 1.165) is 24.3 Å². The Kier molecular flexibility index (Phi) is 4.27. The number of nitrogens with zero attached hydrogens (tertiary/aromatic N) is 2. The highest BCUT2D eigenvalue weighted by molar-refractivity contribution is 7.12. The predicted octanol–water partition coefficient (Wildman–Crippen LogP) is 4.76. The molecule has 0 fully saturated rings. The molecule has 3 nitrogen and oxygen atoms in total. The van der Waals surface area contributed by atoms with Crippen LogP contribution in [0.5, 0.6) is 0 Å². The smallest absolute Gasteiger partial charge is 0.106 e. The Labute approximate surface area is 133 Å². The first-order valence-corrected chi connectivity index (χ1v) is 8.07. The minimum Gasteiger partial charge on any atom is -0.378 e. The van der Waals surface area contributed by atoms with Crippen molar-refractivity contribution >= 4 is 28.6 Å². The topological polar surface area (TPSA) is 29.9 Å². The molecular weight excluding hydrogens is 302 g/mol. The first-order chi connectivity index (χ1) is 10.3. The van der Waals surface area contributed by atoms with Gasteiger partial charge in [-0.25, -0.2) is 4.68 Å². The fourth-order valence-corrected chi connectivity index (χ4v) is 3.34. The molecule has 0 saturated heterocycles. The molecule has 3 aromatic rings. The summed E-state index contributed by atoms with van der Waals surface area (Å²) in [6.07, 6.45) is 4.73. The van der Waals surface area contributed by atoms with Crippen LogP contribution in [0.2, 0.25) is 5.02 Å². The van der Waals surface area contributed by atoms with E-state index in [1.54, 1.807) is 10.9 Å². The molecule has 0 atom stereocenters. The Morgan fingerprint density at radius 1 is 1.19 bits per heavy atom. The van der Waals surface area contributed by atoms with Crippen molar-refractivity contribution in [1.82, 2.24) is 9.78 Å². The zero-order valence-corrected chi connectivity index (χ0v) is 13.3. The fourth-order valence-electron chi connectivity index (χ4n) is 2.18. The van der Waals surface area contributed by atoms with E-state index in [4.69, 9.17) is 11.6 Å². The maximum atomic E-state index is 6.33. The van der Waals surface area contributed by atoms with Crippen LogP contribution >= 0.6 is 22.9 Å². The molecule has 0 spiro atoms. The van der Waals surface area contributed by atoms with Crippen molar-refractivity contribution in [2.24, 2.45) is 0 Å². The van der Waals surface area contributed by atoms with Crippen LogP contribution in [-0.2, 0) is 13.0 Å². The van der Waals surface area contributed by atoms with Gasteiger partial charge in [0.25, 0.3) is 0 Å². The lowest BCUT2D eigenvalue weighted by Crippen LogP contribution is -2.04. The second kappa shape index (κ2) is 6.33. The maximum absolute atomic E-state index is 6.33. The maximum Gasteiger partial charge on any atom is 0.106 e. The second-order valence-corrected chi connectivity index (χ2v) is 6.32.